The van der Waals surface area contributed by atoms with Gasteiger partial charge in [0.1, 0.15) is 6.04 Å². The number of aryl methyl sites for hydroxylation is 1. The fourth-order valence-corrected chi connectivity index (χ4v) is 3.47. The second kappa shape index (κ2) is 10.7. The van der Waals surface area contributed by atoms with Crippen LogP contribution >= 0.6 is 11.3 Å². The molecule has 2 rings (SSSR count). The Morgan fingerprint density at radius 2 is 1.94 bits per heavy atom. The second-order valence-corrected chi connectivity index (χ2v) is 10.1. The van der Waals surface area contributed by atoms with Crippen LogP contribution in [0.2, 0.25) is 0 Å². The lowest BCUT2D eigenvalue weighted by atomic mass is 9.92. The average Bonchev–Trinajstić information content (AvgIpc) is 3.12. The predicted molar refractivity (Wildman–Crippen MR) is 125 cm³/mol. The van der Waals surface area contributed by atoms with Gasteiger partial charge in [-0.25, -0.2) is 0 Å². The molecule has 9 heteroatoms. The van der Waals surface area contributed by atoms with E-state index < -0.39 is 17.9 Å². The molecule has 0 saturated heterocycles. The molecule has 0 radical (unpaired) electrons. The Morgan fingerprint density at radius 3 is 2.53 bits per heavy atom. The van der Waals surface area contributed by atoms with Crippen molar-refractivity contribution in [1.82, 2.24) is 4.57 Å². The molecule has 1 aromatic heterocycles. The van der Waals surface area contributed by atoms with E-state index in [0.717, 1.165) is 5.56 Å². The lowest BCUT2D eigenvalue weighted by molar-refractivity contribution is -0.150. The van der Waals surface area contributed by atoms with Gasteiger partial charge >= 0.3 is 5.97 Å². The number of nitrogens with two attached hydrogens (primary N) is 1. The number of rotatable bonds is 7. The minimum absolute atomic E-state index is 0.0369. The Bertz CT molecular complexity index is 1050. The lowest BCUT2D eigenvalue weighted by Crippen LogP contribution is -2.37. The maximum atomic E-state index is 12.7. The third kappa shape index (κ3) is 7.42. The fourth-order valence-electron chi connectivity index (χ4n) is 2.75. The number of benzene rings is 1. The summed E-state index contributed by atoms with van der Waals surface area (Å²) in [4.78, 5) is 41.4. The number of anilines is 1. The van der Waals surface area contributed by atoms with Gasteiger partial charge in [0.2, 0.25) is 5.91 Å². The van der Waals surface area contributed by atoms with Crippen molar-refractivity contribution < 1.29 is 19.1 Å². The summed E-state index contributed by atoms with van der Waals surface area (Å²) in [5.41, 5.74) is 7.51. The van der Waals surface area contributed by atoms with Gasteiger partial charge in [0.15, 0.2) is 11.5 Å². The van der Waals surface area contributed by atoms with E-state index in [-0.39, 0.29) is 24.0 Å². The molecule has 0 aliphatic rings. The van der Waals surface area contributed by atoms with Crippen LogP contribution in [0.1, 0.15) is 57.0 Å². The van der Waals surface area contributed by atoms with Crippen molar-refractivity contribution in [3.63, 3.8) is 0 Å². The first-order chi connectivity index (χ1) is 14.9. The largest absolute Gasteiger partial charge is 0.443 e. The first kappa shape index (κ1) is 25.5. The summed E-state index contributed by atoms with van der Waals surface area (Å²) in [7, 11) is 0. The minimum atomic E-state index is -0.707. The number of esters is 1. The summed E-state index contributed by atoms with van der Waals surface area (Å²) in [5.74, 6) is -1.04. The molecule has 0 spiro atoms. The van der Waals surface area contributed by atoms with Crippen molar-refractivity contribution in [3.05, 3.63) is 45.7 Å². The molecular weight excluding hydrogens is 428 g/mol. The van der Waals surface area contributed by atoms with Gasteiger partial charge in [-0.15, -0.1) is 11.3 Å². The highest BCUT2D eigenvalue weighted by atomic mass is 32.1. The number of amides is 2. The summed E-state index contributed by atoms with van der Waals surface area (Å²) in [6, 6.07) is 4.32. The molecule has 2 aromatic rings. The van der Waals surface area contributed by atoms with E-state index in [1.54, 1.807) is 34.3 Å². The molecule has 8 nitrogen and oxygen atoms in total. The van der Waals surface area contributed by atoms with Crippen LogP contribution in [0.15, 0.2) is 34.8 Å². The first-order valence-corrected chi connectivity index (χ1v) is 11.3. The second-order valence-electron chi connectivity index (χ2n) is 9.25. The molecule has 0 unspecified atom stereocenters. The van der Waals surface area contributed by atoms with Crippen molar-refractivity contribution in [3.8, 4) is 0 Å². The molecule has 0 aliphatic heterocycles. The maximum Gasteiger partial charge on any atom is 0.324 e. The Hall–Kier alpha value is -2.78. The van der Waals surface area contributed by atoms with Crippen LogP contribution in [-0.4, -0.2) is 28.4 Å². The van der Waals surface area contributed by atoms with E-state index in [1.165, 1.54) is 11.3 Å². The molecule has 32 heavy (non-hydrogen) atoms. The molecule has 0 saturated carbocycles. The summed E-state index contributed by atoms with van der Waals surface area (Å²) in [5, 5.41) is 4.64. The van der Waals surface area contributed by atoms with Gasteiger partial charge in [0.25, 0.3) is 5.91 Å². The van der Waals surface area contributed by atoms with Crippen molar-refractivity contribution in [2.45, 2.75) is 60.7 Å². The van der Waals surface area contributed by atoms with Gasteiger partial charge in [-0.05, 0) is 42.0 Å². The summed E-state index contributed by atoms with van der Waals surface area (Å²) < 4.78 is 6.81. The number of nitrogens with one attached hydrogen (secondary N) is 1. The van der Waals surface area contributed by atoms with Gasteiger partial charge in [0.05, 0.1) is 0 Å². The van der Waals surface area contributed by atoms with E-state index in [9.17, 15) is 14.4 Å². The van der Waals surface area contributed by atoms with Crippen molar-refractivity contribution in [2.24, 2.45) is 22.1 Å². The van der Waals surface area contributed by atoms with E-state index in [1.807, 2.05) is 41.5 Å². The van der Waals surface area contributed by atoms with Gasteiger partial charge in [-0.3, -0.25) is 19.0 Å². The Morgan fingerprint density at radius 1 is 1.25 bits per heavy atom. The average molecular weight is 461 g/mol. The van der Waals surface area contributed by atoms with Crippen LogP contribution in [0.5, 0.6) is 0 Å². The Labute approximate surface area is 192 Å². The Kier molecular flexibility index (Phi) is 8.51. The minimum Gasteiger partial charge on any atom is -0.443 e. The molecule has 2 amide bonds. The summed E-state index contributed by atoms with van der Waals surface area (Å²) in [6.45, 7) is 11.4. The molecule has 1 aromatic carbocycles. The van der Waals surface area contributed by atoms with Crippen LogP contribution in [0.3, 0.4) is 0 Å². The highest BCUT2D eigenvalue weighted by Gasteiger charge is 2.19. The smallest absolute Gasteiger partial charge is 0.324 e. The number of aromatic nitrogens is 1. The third-order valence-electron chi connectivity index (χ3n) is 4.63. The molecule has 3 N–H and O–H groups in total. The van der Waals surface area contributed by atoms with E-state index in [0.29, 0.717) is 22.5 Å². The van der Waals surface area contributed by atoms with Crippen molar-refractivity contribution in [1.29, 1.82) is 0 Å². The molecule has 0 aliphatic carbocycles. The van der Waals surface area contributed by atoms with Crippen molar-refractivity contribution >= 4 is 34.8 Å². The number of ether oxygens (including phenoxy) is 1. The molecule has 1 atom stereocenters. The zero-order valence-corrected chi connectivity index (χ0v) is 20.3. The van der Waals surface area contributed by atoms with Gasteiger partial charge in [-0.1, -0.05) is 34.6 Å². The third-order valence-corrected chi connectivity index (χ3v) is 5.43. The SMILES string of the molecule is Cc1cc(C(=O)N=c2sccn2COC(=O)[C@@H](N)C(C)C)ccc1NC(=O)CC(C)(C)C. The number of hydrogen-bond donors (Lipinski definition) is 2. The van der Waals surface area contributed by atoms with Gasteiger partial charge < -0.3 is 15.8 Å². The number of thiazole rings is 1. The van der Waals surface area contributed by atoms with Gasteiger partial charge in [-0.2, -0.15) is 4.99 Å². The molecule has 1 heterocycles. The van der Waals surface area contributed by atoms with E-state index in [2.05, 4.69) is 10.3 Å². The van der Waals surface area contributed by atoms with Crippen LogP contribution in [-0.2, 0) is 21.1 Å². The van der Waals surface area contributed by atoms with Gasteiger partial charge in [0, 0.05) is 29.2 Å². The van der Waals surface area contributed by atoms with E-state index in [4.69, 9.17) is 10.5 Å². The van der Waals surface area contributed by atoms with Crippen LogP contribution in [0.25, 0.3) is 0 Å². The van der Waals surface area contributed by atoms with Crippen LogP contribution in [0.4, 0.5) is 5.69 Å². The van der Waals surface area contributed by atoms with Crippen LogP contribution < -0.4 is 15.9 Å². The van der Waals surface area contributed by atoms with E-state index >= 15 is 0 Å². The number of nitrogens with zero attached hydrogens (tertiary/aromatic N) is 2. The zero-order chi connectivity index (χ0) is 24.1. The maximum absolute atomic E-state index is 12.7. The lowest BCUT2D eigenvalue weighted by Gasteiger charge is -2.18. The number of hydrogen-bond acceptors (Lipinski definition) is 6. The van der Waals surface area contributed by atoms with Crippen molar-refractivity contribution in [2.75, 3.05) is 5.32 Å². The molecule has 174 valence electrons. The highest BCUT2D eigenvalue weighted by molar-refractivity contribution is 7.07. The highest BCUT2D eigenvalue weighted by Crippen LogP contribution is 2.22. The molecule has 0 bridgehead atoms. The first-order valence-electron chi connectivity index (χ1n) is 10.4. The fraction of sp³-hybridized carbons (Fsp3) is 0.478. The monoisotopic (exact) mass is 460 g/mol. The number of carbonyl (C=O) groups excluding carboxylic acids is 3. The summed E-state index contributed by atoms with van der Waals surface area (Å²) in [6.07, 6.45) is 2.08. The zero-order valence-electron chi connectivity index (χ0n) is 19.5. The standard InChI is InChI=1S/C23H32N4O4S/c1-14(2)19(24)21(30)31-13-27-9-10-32-22(27)26-20(29)16-7-8-17(15(3)11-16)25-18(28)12-23(4,5)6/h7-11,14,19H,12-13,24H2,1-6H3,(H,25,28)/t19-/m0/s1. The molecular formula is C23H32N4O4S. The van der Waals surface area contributed by atoms with Crippen LogP contribution in [0, 0.1) is 18.3 Å². The topological polar surface area (TPSA) is 116 Å². The Balaban J connectivity index is 2.11. The summed E-state index contributed by atoms with van der Waals surface area (Å²) >= 11 is 1.26. The normalized spacial score (nSPS) is 13.2. The molecule has 0 fully saturated rings. The quantitative estimate of drug-likeness (QED) is 0.614. The predicted octanol–water partition coefficient (Wildman–Crippen LogP) is 3.46. The number of carbonyl (C=O) groups is 3.